The fraction of sp³-hybridized carbons (Fsp3) is 1.00. The zero-order chi connectivity index (χ0) is 8.20. The second kappa shape index (κ2) is 4.24. The van der Waals surface area contributed by atoms with Gasteiger partial charge in [-0.25, -0.2) is 5.11 Å². The average Bonchev–Trinajstić information content (AvgIpc) is 1.80. The first-order valence-electron chi connectivity index (χ1n) is 3.68. The van der Waals surface area contributed by atoms with Crippen LogP contribution in [0.15, 0.2) is 0 Å². The molecule has 0 spiro atoms. The maximum absolute atomic E-state index is 10.1. The first-order chi connectivity index (χ1) is 4.48. The van der Waals surface area contributed by atoms with E-state index in [0.717, 1.165) is 5.75 Å². The van der Waals surface area contributed by atoms with E-state index in [0.29, 0.717) is 10.7 Å². The summed E-state index contributed by atoms with van der Waals surface area (Å²) in [6.07, 6.45) is 0. The Morgan fingerprint density at radius 3 is 2.20 bits per heavy atom. The summed E-state index contributed by atoms with van der Waals surface area (Å²) in [7, 11) is 0. The van der Waals surface area contributed by atoms with Crippen LogP contribution >= 0.6 is 11.8 Å². The minimum Gasteiger partial charge on any atom is -0.236 e. The van der Waals surface area contributed by atoms with Gasteiger partial charge in [0.1, 0.15) is 0 Å². The summed E-state index contributed by atoms with van der Waals surface area (Å²) in [4.78, 5) is 0. The summed E-state index contributed by atoms with van der Waals surface area (Å²) in [6, 6.07) is 0. The molecular formula is C8H17OS. The second-order valence-corrected chi connectivity index (χ2v) is 5.03. The molecule has 0 aromatic heterocycles. The molecule has 1 atom stereocenters. The Morgan fingerprint density at radius 2 is 1.90 bits per heavy atom. The molecule has 0 rings (SSSR count). The Labute approximate surface area is 68.2 Å². The van der Waals surface area contributed by atoms with Gasteiger partial charge >= 0.3 is 0 Å². The number of hydrogen-bond donors (Lipinski definition) is 0. The monoisotopic (exact) mass is 161 g/mol. The summed E-state index contributed by atoms with van der Waals surface area (Å²) < 4.78 is 0. The highest BCUT2D eigenvalue weighted by Gasteiger charge is 2.19. The molecule has 10 heavy (non-hydrogen) atoms. The van der Waals surface area contributed by atoms with Crippen molar-refractivity contribution in [3.63, 3.8) is 0 Å². The van der Waals surface area contributed by atoms with Crippen molar-refractivity contribution in [2.24, 2.45) is 5.41 Å². The van der Waals surface area contributed by atoms with Gasteiger partial charge in [-0.3, -0.25) is 0 Å². The van der Waals surface area contributed by atoms with Crippen molar-refractivity contribution in [1.82, 2.24) is 0 Å². The molecular weight excluding hydrogens is 144 g/mol. The van der Waals surface area contributed by atoms with Gasteiger partial charge in [0.2, 0.25) is 0 Å². The van der Waals surface area contributed by atoms with Crippen molar-refractivity contribution >= 4 is 11.8 Å². The summed E-state index contributed by atoms with van der Waals surface area (Å²) in [5.41, 5.74) is 0.333. The average molecular weight is 161 g/mol. The highest BCUT2D eigenvalue weighted by atomic mass is 32.2. The van der Waals surface area contributed by atoms with Gasteiger partial charge in [0.25, 0.3) is 0 Å². The van der Waals surface area contributed by atoms with Gasteiger partial charge < -0.3 is 0 Å². The molecule has 2 heteroatoms. The van der Waals surface area contributed by atoms with Crippen LogP contribution in [-0.2, 0) is 5.11 Å². The van der Waals surface area contributed by atoms with Crippen molar-refractivity contribution in [2.45, 2.75) is 32.9 Å². The molecule has 0 aliphatic heterocycles. The van der Waals surface area contributed by atoms with Crippen LogP contribution in [0.5, 0.6) is 0 Å². The van der Waals surface area contributed by atoms with Gasteiger partial charge in [0, 0.05) is 11.0 Å². The molecule has 0 fully saturated rings. The molecule has 0 heterocycles. The SMILES string of the molecule is CC(SCC[O])C(C)(C)C. The van der Waals surface area contributed by atoms with Crippen molar-refractivity contribution in [3.8, 4) is 0 Å². The van der Waals surface area contributed by atoms with E-state index in [2.05, 4.69) is 27.7 Å². The van der Waals surface area contributed by atoms with Crippen molar-refractivity contribution in [1.29, 1.82) is 0 Å². The highest BCUT2D eigenvalue weighted by molar-refractivity contribution is 7.99. The number of thioether (sulfide) groups is 1. The summed E-state index contributed by atoms with van der Waals surface area (Å²) in [6.45, 7) is 8.84. The molecule has 0 saturated heterocycles. The lowest BCUT2D eigenvalue weighted by molar-refractivity contribution is 0.215. The first-order valence-corrected chi connectivity index (χ1v) is 4.73. The van der Waals surface area contributed by atoms with E-state index >= 15 is 0 Å². The van der Waals surface area contributed by atoms with Crippen molar-refractivity contribution in [3.05, 3.63) is 0 Å². The zero-order valence-electron chi connectivity index (χ0n) is 7.31. The van der Waals surface area contributed by atoms with E-state index in [1.165, 1.54) is 0 Å². The van der Waals surface area contributed by atoms with E-state index in [1.54, 1.807) is 11.8 Å². The molecule has 0 aromatic carbocycles. The summed E-state index contributed by atoms with van der Waals surface area (Å²) in [5.74, 6) is 0.748. The van der Waals surface area contributed by atoms with E-state index in [4.69, 9.17) is 0 Å². The largest absolute Gasteiger partial charge is 0.236 e. The zero-order valence-corrected chi connectivity index (χ0v) is 8.12. The lowest BCUT2D eigenvalue weighted by Gasteiger charge is -2.26. The predicted molar refractivity (Wildman–Crippen MR) is 46.9 cm³/mol. The number of hydrogen-bond acceptors (Lipinski definition) is 1. The van der Waals surface area contributed by atoms with Crippen LogP contribution < -0.4 is 0 Å². The summed E-state index contributed by atoms with van der Waals surface area (Å²) >= 11 is 1.77. The Bertz CT molecular complexity index is 85.7. The first kappa shape index (κ1) is 10.3. The van der Waals surface area contributed by atoms with Crippen LogP contribution in [0, 0.1) is 5.41 Å². The minimum absolute atomic E-state index is 0.0467. The Kier molecular flexibility index (Phi) is 4.37. The van der Waals surface area contributed by atoms with Crippen LogP contribution in [-0.4, -0.2) is 17.6 Å². The lowest BCUT2D eigenvalue weighted by atomic mass is 9.93. The molecule has 0 saturated carbocycles. The second-order valence-electron chi connectivity index (χ2n) is 3.58. The third-order valence-electron chi connectivity index (χ3n) is 1.67. The molecule has 0 bridgehead atoms. The van der Waals surface area contributed by atoms with E-state index in [1.807, 2.05) is 0 Å². The van der Waals surface area contributed by atoms with E-state index < -0.39 is 0 Å². The van der Waals surface area contributed by atoms with Crippen LogP contribution in [0.4, 0.5) is 0 Å². The van der Waals surface area contributed by atoms with Crippen LogP contribution in [0.1, 0.15) is 27.7 Å². The molecule has 61 valence electrons. The van der Waals surface area contributed by atoms with Crippen LogP contribution in [0.25, 0.3) is 0 Å². The maximum Gasteiger partial charge on any atom is 0.0912 e. The van der Waals surface area contributed by atoms with E-state index in [9.17, 15) is 5.11 Å². The van der Waals surface area contributed by atoms with Gasteiger partial charge in [-0.05, 0) is 5.41 Å². The fourth-order valence-corrected chi connectivity index (χ4v) is 1.42. The lowest BCUT2D eigenvalue weighted by Crippen LogP contribution is -2.20. The van der Waals surface area contributed by atoms with Gasteiger partial charge in [-0.1, -0.05) is 27.7 Å². The molecule has 1 radical (unpaired) electrons. The standard InChI is InChI=1S/C8H17OS/c1-7(8(2,3)4)10-6-5-9/h7H,5-6H2,1-4H3. The predicted octanol–water partition coefficient (Wildman–Crippen LogP) is 2.58. The van der Waals surface area contributed by atoms with Gasteiger partial charge in [-0.2, -0.15) is 11.8 Å². The minimum atomic E-state index is 0.0467. The Hall–Kier alpha value is 0.310. The molecule has 0 aromatic rings. The molecule has 0 aliphatic carbocycles. The van der Waals surface area contributed by atoms with Crippen LogP contribution in [0.3, 0.4) is 0 Å². The molecule has 1 unspecified atom stereocenters. The number of rotatable bonds is 3. The van der Waals surface area contributed by atoms with Crippen molar-refractivity contribution < 1.29 is 5.11 Å². The van der Waals surface area contributed by atoms with Crippen LogP contribution in [0.2, 0.25) is 0 Å². The molecule has 1 nitrogen and oxygen atoms in total. The smallest absolute Gasteiger partial charge is 0.0912 e. The molecule has 0 aliphatic rings. The third kappa shape index (κ3) is 4.18. The maximum atomic E-state index is 10.1. The third-order valence-corrected chi connectivity index (χ3v) is 3.28. The summed E-state index contributed by atoms with van der Waals surface area (Å²) in [5, 5.41) is 10.7. The van der Waals surface area contributed by atoms with Gasteiger partial charge in [-0.15, -0.1) is 0 Å². The van der Waals surface area contributed by atoms with Gasteiger partial charge in [0.15, 0.2) is 0 Å². The Balaban J connectivity index is 3.52. The Morgan fingerprint density at radius 1 is 1.40 bits per heavy atom. The van der Waals surface area contributed by atoms with E-state index in [-0.39, 0.29) is 6.61 Å². The molecule has 0 amide bonds. The normalized spacial score (nSPS) is 15.3. The van der Waals surface area contributed by atoms with Crippen molar-refractivity contribution in [2.75, 3.05) is 12.4 Å². The molecule has 0 N–H and O–H groups in total. The fourth-order valence-electron chi connectivity index (χ4n) is 0.475. The quantitative estimate of drug-likeness (QED) is 0.623. The highest BCUT2D eigenvalue weighted by Crippen LogP contribution is 2.29. The topological polar surface area (TPSA) is 19.9 Å². The van der Waals surface area contributed by atoms with Gasteiger partial charge in [0.05, 0.1) is 6.61 Å².